The Labute approximate surface area is 120 Å². The maximum Gasteiger partial charge on any atom is 0.347 e. The van der Waals surface area contributed by atoms with Gasteiger partial charge in [0.05, 0.1) is 5.71 Å². The van der Waals surface area contributed by atoms with E-state index in [4.69, 9.17) is 11.6 Å². The standard InChI is InChI=1S/C11H10ClN3O4S/c1-6-9(10(16)14-11(17)13-6)20(18,19)15-8-4-2-3-7(12)5-8/h2-5,9,15H,1H3,(H,14,16,17). The Kier molecular flexibility index (Phi) is 3.78. The summed E-state index contributed by atoms with van der Waals surface area (Å²) in [5, 5.41) is 0.642. The number of nitrogens with zero attached hydrogens (tertiary/aromatic N) is 1. The van der Waals surface area contributed by atoms with Gasteiger partial charge in [-0.2, -0.15) is 0 Å². The Morgan fingerprint density at radius 2 is 2.05 bits per heavy atom. The van der Waals surface area contributed by atoms with E-state index in [1.54, 1.807) is 12.1 Å². The first-order valence-corrected chi connectivity index (χ1v) is 7.39. The van der Waals surface area contributed by atoms with Crippen LogP contribution >= 0.6 is 11.6 Å². The molecule has 1 atom stereocenters. The molecule has 2 rings (SSSR count). The van der Waals surface area contributed by atoms with Crippen LogP contribution in [0, 0.1) is 0 Å². The molecule has 106 valence electrons. The first kappa shape index (κ1) is 14.5. The third-order valence-corrected chi connectivity index (χ3v) is 4.45. The fourth-order valence-electron chi connectivity index (χ4n) is 1.75. The molecule has 1 heterocycles. The van der Waals surface area contributed by atoms with Gasteiger partial charge < -0.3 is 0 Å². The fourth-order valence-corrected chi connectivity index (χ4v) is 3.35. The largest absolute Gasteiger partial charge is 0.347 e. The van der Waals surface area contributed by atoms with Gasteiger partial charge in [-0.15, -0.1) is 0 Å². The molecule has 0 saturated carbocycles. The Hall–Kier alpha value is -1.93. The van der Waals surface area contributed by atoms with Crippen molar-refractivity contribution in [3.8, 4) is 0 Å². The lowest BCUT2D eigenvalue weighted by Gasteiger charge is -2.20. The summed E-state index contributed by atoms with van der Waals surface area (Å²) >= 11 is 5.75. The van der Waals surface area contributed by atoms with E-state index >= 15 is 0 Å². The van der Waals surface area contributed by atoms with E-state index in [2.05, 4.69) is 9.71 Å². The lowest BCUT2D eigenvalue weighted by Crippen LogP contribution is -2.51. The van der Waals surface area contributed by atoms with Crippen LogP contribution in [0.5, 0.6) is 0 Å². The van der Waals surface area contributed by atoms with Crippen LogP contribution in [0.4, 0.5) is 10.5 Å². The molecule has 9 heteroatoms. The number of amides is 3. The van der Waals surface area contributed by atoms with Crippen molar-refractivity contribution in [3.05, 3.63) is 29.3 Å². The molecular weight excluding hydrogens is 306 g/mol. The minimum Gasteiger partial charge on any atom is -0.283 e. The van der Waals surface area contributed by atoms with E-state index in [0.717, 1.165) is 0 Å². The van der Waals surface area contributed by atoms with Crippen molar-refractivity contribution in [2.45, 2.75) is 12.2 Å². The number of hydrogen-bond acceptors (Lipinski definition) is 4. The summed E-state index contributed by atoms with van der Waals surface area (Å²) < 4.78 is 26.6. The molecule has 1 aromatic rings. The molecule has 1 aliphatic heterocycles. The minimum absolute atomic E-state index is 0.0896. The van der Waals surface area contributed by atoms with E-state index in [0.29, 0.717) is 5.02 Å². The van der Waals surface area contributed by atoms with E-state index in [-0.39, 0.29) is 11.4 Å². The Morgan fingerprint density at radius 3 is 2.65 bits per heavy atom. The van der Waals surface area contributed by atoms with Crippen molar-refractivity contribution >= 4 is 45.0 Å². The first-order chi connectivity index (χ1) is 9.29. The zero-order chi connectivity index (χ0) is 14.9. The van der Waals surface area contributed by atoms with Gasteiger partial charge in [0.25, 0.3) is 5.91 Å². The fraction of sp³-hybridized carbons (Fsp3) is 0.182. The number of carbonyl (C=O) groups is 2. The summed E-state index contributed by atoms with van der Waals surface area (Å²) in [6.07, 6.45) is 0. The van der Waals surface area contributed by atoms with Crippen LogP contribution in [0.3, 0.4) is 0 Å². The number of halogens is 1. The molecule has 0 bridgehead atoms. The number of aliphatic imine (C=N–C) groups is 1. The van der Waals surface area contributed by atoms with Crippen molar-refractivity contribution in [3.63, 3.8) is 0 Å². The van der Waals surface area contributed by atoms with Crippen LogP contribution in [0.15, 0.2) is 29.3 Å². The first-order valence-electron chi connectivity index (χ1n) is 5.47. The van der Waals surface area contributed by atoms with Crippen LogP contribution in [0.2, 0.25) is 5.02 Å². The molecule has 2 N–H and O–H groups in total. The number of sulfonamides is 1. The second kappa shape index (κ2) is 5.22. The molecule has 7 nitrogen and oxygen atoms in total. The van der Waals surface area contributed by atoms with Crippen molar-refractivity contribution in [1.29, 1.82) is 0 Å². The average molecular weight is 316 g/mol. The third-order valence-electron chi connectivity index (χ3n) is 2.52. The monoisotopic (exact) mass is 315 g/mol. The molecule has 0 aliphatic carbocycles. The minimum atomic E-state index is -4.08. The van der Waals surface area contributed by atoms with Gasteiger partial charge in [-0.05, 0) is 25.1 Å². The third kappa shape index (κ3) is 2.97. The normalized spacial score (nSPS) is 19.3. The molecule has 0 fully saturated rings. The maximum absolute atomic E-state index is 12.2. The smallest absolute Gasteiger partial charge is 0.283 e. The van der Waals surface area contributed by atoms with Crippen LogP contribution in [0.25, 0.3) is 0 Å². The highest BCUT2D eigenvalue weighted by Gasteiger charge is 2.39. The summed E-state index contributed by atoms with van der Waals surface area (Å²) in [6, 6.07) is 5.16. The molecule has 0 radical (unpaired) electrons. The molecule has 0 aromatic heterocycles. The highest BCUT2D eigenvalue weighted by molar-refractivity contribution is 7.94. The summed E-state index contributed by atoms with van der Waals surface area (Å²) in [7, 11) is -4.08. The Bertz CT molecular complexity index is 714. The molecular formula is C11H10ClN3O4S. The van der Waals surface area contributed by atoms with Crippen molar-refractivity contribution < 1.29 is 18.0 Å². The van der Waals surface area contributed by atoms with Gasteiger partial charge in [-0.1, -0.05) is 17.7 Å². The molecule has 1 unspecified atom stereocenters. The van der Waals surface area contributed by atoms with E-state index in [1.165, 1.54) is 19.1 Å². The highest BCUT2D eigenvalue weighted by atomic mass is 35.5. The molecule has 1 aliphatic rings. The number of anilines is 1. The number of carbonyl (C=O) groups excluding carboxylic acids is 2. The molecule has 20 heavy (non-hydrogen) atoms. The highest BCUT2D eigenvalue weighted by Crippen LogP contribution is 2.18. The second-order valence-electron chi connectivity index (χ2n) is 4.09. The Morgan fingerprint density at radius 1 is 1.35 bits per heavy atom. The second-order valence-corrected chi connectivity index (χ2v) is 6.29. The SMILES string of the molecule is CC1=NC(=O)NC(=O)C1S(=O)(=O)Nc1cccc(Cl)c1. The summed E-state index contributed by atoms with van der Waals surface area (Å²) in [4.78, 5) is 26.1. The van der Waals surface area contributed by atoms with Crippen molar-refractivity contribution in [2.75, 3.05) is 4.72 Å². The van der Waals surface area contributed by atoms with Gasteiger partial charge in [0.2, 0.25) is 10.0 Å². The van der Waals surface area contributed by atoms with E-state index in [1.807, 2.05) is 5.32 Å². The predicted octanol–water partition coefficient (Wildman–Crippen LogP) is 1.16. The molecule has 1 aromatic carbocycles. The van der Waals surface area contributed by atoms with Gasteiger partial charge in [0.15, 0.2) is 5.25 Å². The summed E-state index contributed by atoms with van der Waals surface area (Å²) in [5.41, 5.74) is 0.128. The van der Waals surface area contributed by atoms with Gasteiger partial charge in [0.1, 0.15) is 0 Å². The number of nitrogens with one attached hydrogen (secondary N) is 2. The summed E-state index contributed by atoms with van der Waals surface area (Å²) in [6.45, 7) is 1.30. The molecule has 3 amide bonds. The van der Waals surface area contributed by atoms with Crippen LogP contribution in [-0.2, 0) is 14.8 Å². The van der Waals surface area contributed by atoms with Crippen molar-refractivity contribution in [1.82, 2.24) is 5.32 Å². The van der Waals surface area contributed by atoms with Crippen LogP contribution in [0.1, 0.15) is 6.92 Å². The maximum atomic E-state index is 12.2. The lowest BCUT2D eigenvalue weighted by molar-refractivity contribution is -0.118. The van der Waals surface area contributed by atoms with Crippen LogP contribution < -0.4 is 10.0 Å². The Balaban J connectivity index is 2.33. The van der Waals surface area contributed by atoms with E-state index in [9.17, 15) is 18.0 Å². The van der Waals surface area contributed by atoms with Crippen LogP contribution in [-0.4, -0.2) is 31.3 Å². The quantitative estimate of drug-likeness (QED) is 0.873. The predicted molar refractivity (Wildman–Crippen MR) is 74.4 cm³/mol. The summed E-state index contributed by atoms with van der Waals surface area (Å²) in [5.74, 6) is -0.933. The van der Waals surface area contributed by atoms with Gasteiger partial charge in [0, 0.05) is 10.7 Å². The molecule has 0 saturated heterocycles. The number of urea groups is 1. The number of imide groups is 1. The number of rotatable bonds is 3. The molecule has 0 spiro atoms. The zero-order valence-electron chi connectivity index (χ0n) is 10.3. The topological polar surface area (TPSA) is 105 Å². The van der Waals surface area contributed by atoms with Crippen molar-refractivity contribution in [2.24, 2.45) is 4.99 Å². The van der Waals surface area contributed by atoms with Gasteiger partial charge in [-0.3, -0.25) is 14.8 Å². The van der Waals surface area contributed by atoms with Gasteiger partial charge >= 0.3 is 6.03 Å². The van der Waals surface area contributed by atoms with Gasteiger partial charge in [-0.25, -0.2) is 18.2 Å². The van der Waals surface area contributed by atoms with E-state index < -0.39 is 27.2 Å². The number of hydrogen-bond donors (Lipinski definition) is 2. The number of benzene rings is 1. The zero-order valence-corrected chi connectivity index (χ0v) is 11.8. The lowest BCUT2D eigenvalue weighted by atomic mass is 10.2. The average Bonchev–Trinajstić information content (AvgIpc) is 2.25.